The number of nitro groups is 1. The summed E-state index contributed by atoms with van der Waals surface area (Å²) in [5.74, 6) is -1.86. The molecule has 0 heterocycles. The Kier molecular flexibility index (Phi) is 5.90. The van der Waals surface area contributed by atoms with Crippen molar-refractivity contribution < 1.29 is 27.6 Å². The number of aliphatic carboxylic acids is 1. The fourth-order valence-corrected chi connectivity index (χ4v) is 3.58. The largest absolute Gasteiger partial charge is 0.481 e. The van der Waals surface area contributed by atoms with Crippen molar-refractivity contribution in [2.45, 2.75) is 17.4 Å². The fourth-order valence-electron chi connectivity index (χ4n) is 2.15. The van der Waals surface area contributed by atoms with Gasteiger partial charge in [-0.15, -0.1) is 0 Å². The maximum atomic E-state index is 13.0. The van der Waals surface area contributed by atoms with Gasteiger partial charge in [-0.3, -0.25) is 14.9 Å². The van der Waals surface area contributed by atoms with Crippen LogP contribution in [0.3, 0.4) is 0 Å². The minimum Gasteiger partial charge on any atom is -0.481 e. The van der Waals surface area contributed by atoms with Crippen LogP contribution in [0.15, 0.2) is 47.4 Å². The molecule has 26 heavy (non-hydrogen) atoms. The average molecular weight is 403 g/mol. The molecule has 11 heteroatoms. The number of carbonyl (C=O) groups is 1. The molecule has 0 unspecified atom stereocenters. The van der Waals surface area contributed by atoms with Crippen LogP contribution in [0.5, 0.6) is 0 Å². The topological polar surface area (TPSA) is 127 Å². The third-order valence-electron chi connectivity index (χ3n) is 3.37. The van der Waals surface area contributed by atoms with Crippen molar-refractivity contribution in [3.63, 3.8) is 0 Å². The summed E-state index contributed by atoms with van der Waals surface area (Å²) >= 11 is 5.66. The van der Waals surface area contributed by atoms with E-state index in [9.17, 15) is 27.7 Å². The Morgan fingerprint density at radius 2 is 1.88 bits per heavy atom. The smallest absolute Gasteiger partial charge is 0.305 e. The number of sulfonamides is 1. The lowest BCUT2D eigenvalue weighted by molar-refractivity contribution is -0.384. The summed E-state index contributed by atoms with van der Waals surface area (Å²) in [5, 5.41) is 19.7. The molecule has 2 aromatic carbocycles. The third kappa shape index (κ3) is 4.75. The van der Waals surface area contributed by atoms with E-state index in [0.717, 1.165) is 30.3 Å². The van der Waals surface area contributed by atoms with Gasteiger partial charge >= 0.3 is 5.97 Å². The number of rotatable bonds is 7. The van der Waals surface area contributed by atoms with Crippen LogP contribution in [0, 0.1) is 15.9 Å². The fraction of sp³-hybridized carbons (Fsp3) is 0.133. The molecule has 0 spiro atoms. The number of nitrogens with zero attached hydrogens (tertiary/aromatic N) is 1. The Balaban J connectivity index is 2.40. The molecule has 0 radical (unpaired) electrons. The van der Waals surface area contributed by atoms with Crippen LogP contribution in [0.1, 0.15) is 18.0 Å². The number of benzene rings is 2. The van der Waals surface area contributed by atoms with Crippen molar-refractivity contribution in [2.24, 2.45) is 0 Å². The second kappa shape index (κ2) is 7.77. The van der Waals surface area contributed by atoms with Crippen molar-refractivity contribution in [3.8, 4) is 0 Å². The third-order valence-corrected chi connectivity index (χ3v) is 5.16. The average Bonchev–Trinajstić information content (AvgIpc) is 2.54. The first kappa shape index (κ1) is 19.8. The molecule has 0 saturated heterocycles. The predicted octanol–water partition coefficient (Wildman–Crippen LogP) is 2.88. The Morgan fingerprint density at radius 3 is 2.42 bits per heavy atom. The van der Waals surface area contributed by atoms with Gasteiger partial charge in [0.2, 0.25) is 10.0 Å². The number of carboxylic acids is 1. The normalized spacial score (nSPS) is 12.5. The molecular formula is C15H12ClFN2O6S. The molecule has 0 aliphatic rings. The molecule has 0 saturated carbocycles. The van der Waals surface area contributed by atoms with Crippen LogP contribution >= 0.6 is 11.6 Å². The first-order chi connectivity index (χ1) is 12.1. The highest BCUT2D eigenvalue weighted by Gasteiger charge is 2.26. The van der Waals surface area contributed by atoms with Crippen LogP contribution in [-0.2, 0) is 14.8 Å². The summed E-state index contributed by atoms with van der Waals surface area (Å²) in [5.41, 5.74) is -0.382. The Morgan fingerprint density at radius 1 is 1.27 bits per heavy atom. The molecule has 0 aromatic heterocycles. The quantitative estimate of drug-likeness (QED) is 0.541. The standard InChI is InChI=1S/C15H12ClFN2O6S/c16-12-6-5-11(7-14(12)19(22)23)26(24,25)18-13(8-15(20)21)9-1-3-10(17)4-2-9/h1-7,13,18H,8H2,(H,20,21)/t13-/m1/s1. The Bertz CT molecular complexity index is 949. The van der Waals surface area contributed by atoms with Crippen molar-refractivity contribution in [3.05, 3.63) is 69.0 Å². The van der Waals surface area contributed by atoms with Crippen LogP contribution < -0.4 is 4.72 Å². The molecule has 0 aliphatic heterocycles. The molecule has 0 amide bonds. The molecule has 0 fully saturated rings. The number of carboxylic acid groups (broad SMARTS) is 1. The van der Waals surface area contributed by atoms with Gasteiger partial charge in [0.25, 0.3) is 5.69 Å². The van der Waals surface area contributed by atoms with E-state index < -0.39 is 49.8 Å². The van der Waals surface area contributed by atoms with Crippen LogP contribution in [0.25, 0.3) is 0 Å². The van der Waals surface area contributed by atoms with Crippen LogP contribution in [-0.4, -0.2) is 24.4 Å². The van der Waals surface area contributed by atoms with E-state index in [-0.39, 0.29) is 10.6 Å². The van der Waals surface area contributed by atoms with E-state index in [1.807, 2.05) is 0 Å². The molecular weight excluding hydrogens is 391 g/mol. The van der Waals surface area contributed by atoms with Gasteiger partial charge < -0.3 is 5.11 Å². The minimum absolute atomic E-state index is 0.223. The zero-order chi connectivity index (χ0) is 19.5. The van der Waals surface area contributed by atoms with Crippen molar-refractivity contribution >= 4 is 33.3 Å². The van der Waals surface area contributed by atoms with E-state index in [1.54, 1.807) is 0 Å². The monoisotopic (exact) mass is 402 g/mol. The molecule has 2 aromatic rings. The van der Waals surface area contributed by atoms with E-state index >= 15 is 0 Å². The summed E-state index contributed by atoms with van der Waals surface area (Å²) in [6.45, 7) is 0. The van der Waals surface area contributed by atoms with E-state index in [1.165, 1.54) is 12.1 Å². The highest BCUT2D eigenvalue weighted by Crippen LogP contribution is 2.28. The van der Waals surface area contributed by atoms with Gasteiger partial charge in [0.05, 0.1) is 22.3 Å². The number of hydrogen-bond donors (Lipinski definition) is 2. The zero-order valence-corrected chi connectivity index (χ0v) is 14.5. The number of hydrogen-bond acceptors (Lipinski definition) is 5. The van der Waals surface area contributed by atoms with E-state index in [0.29, 0.717) is 0 Å². The number of nitrogens with one attached hydrogen (secondary N) is 1. The molecule has 0 bridgehead atoms. The number of halogens is 2. The van der Waals surface area contributed by atoms with Crippen molar-refractivity contribution in [2.75, 3.05) is 0 Å². The lowest BCUT2D eigenvalue weighted by Crippen LogP contribution is -2.30. The highest BCUT2D eigenvalue weighted by molar-refractivity contribution is 7.89. The van der Waals surface area contributed by atoms with Gasteiger partial charge in [0.1, 0.15) is 10.8 Å². The number of nitro benzene ring substituents is 1. The maximum Gasteiger partial charge on any atom is 0.305 e. The van der Waals surface area contributed by atoms with Gasteiger partial charge in [-0.25, -0.2) is 17.5 Å². The first-order valence-electron chi connectivity index (χ1n) is 7.03. The molecule has 0 aliphatic carbocycles. The first-order valence-corrected chi connectivity index (χ1v) is 8.90. The van der Waals surface area contributed by atoms with E-state index in [4.69, 9.17) is 16.7 Å². The predicted molar refractivity (Wildman–Crippen MR) is 89.8 cm³/mol. The molecule has 1 atom stereocenters. The van der Waals surface area contributed by atoms with Gasteiger partial charge in [-0.1, -0.05) is 23.7 Å². The SMILES string of the molecule is O=C(O)C[C@@H](NS(=O)(=O)c1ccc(Cl)c([N+](=O)[O-])c1)c1ccc(F)cc1. The Labute approximate surface area is 152 Å². The lowest BCUT2D eigenvalue weighted by atomic mass is 10.1. The zero-order valence-electron chi connectivity index (χ0n) is 12.9. The summed E-state index contributed by atoms with van der Waals surface area (Å²) in [6, 6.07) is 6.29. The molecule has 2 rings (SSSR count). The second-order valence-electron chi connectivity index (χ2n) is 5.19. The highest BCUT2D eigenvalue weighted by atomic mass is 35.5. The van der Waals surface area contributed by atoms with Crippen LogP contribution in [0.4, 0.5) is 10.1 Å². The summed E-state index contributed by atoms with van der Waals surface area (Å²) in [6.07, 6.45) is -0.611. The molecule has 8 nitrogen and oxygen atoms in total. The summed E-state index contributed by atoms with van der Waals surface area (Å²) in [7, 11) is -4.31. The van der Waals surface area contributed by atoms with Gasteiger partial charge in [0, 0.05) is 6.07 Å². The van der Waals surface area contributed by atoms with E-state index in [2.05, 4.69) is 4.72 Å². The second-order valence-corrected chi connectivity index (χ2v) is 7.31. The minimum atomic E-state index is -4.31. The maximum absolute atomic E-state index is 13.0. The van der Waals surface area contributed by atoms with Gasteiger partial charge in [0.15, 0.2) is 0 Å². The molecule has 138 valence electrons. The summed E-state index contributed by atoms with van der Waals surface area (Å²) < 4.78 is 40.2. The Hall–Kier alpha value is -2.56. The van der Waals surface area contributed by atoms with Gasteiger partial charge in [-0.05, 0) is 29.8 Å². The lowest BCUT2D eigenvalue weighted by Gasteiger charge is -2.17. The van der Waals surface area contributed by atoms with Crippen molar-refractivity contribution in [1.82, 2.24) is 4.72 Å². The van der Waals surface area contributed by atoms with Gasteiger partial charge in [-0.2, -0.15) is 0 Å². The summed E-state index contributed by atoms with van der Waals surface area (Å²) in [4.78, 5) is 20.7. The van der Waals surface area contributed by atoms with Crippen molar-refractivity contribution in [1.29, 1.82) is 0 Å². The molecule has 2 N–H and O–H groups in total. The van der Waals surface area contributed by atoms with Crippen LogP contribution in [0.2, 0.25) is 5.02 Å².